The van der Waals surface area contributed by atoms with Crippen LogP contribution in [0.15, 0.2) is 100 Å². The third kappa shape index (κ3) is 3.85. The number of amidine groups is 2. The zero-order valence-corrected chi connectivity index (χ0v) is 23.0. The maximum Gasteiger partial charge on any atom is 0.179 e. The molecule has 2 aliphatic rings. The molecule has 3 aromatic carbocycles. The Morgan fingerprint density at radius 1 is 0.875 bits per heavy atom. The van der Waals surface area contributed by atoms with E-state index < -0.39 is 0 Å². The molecule has 0 fully saturated rings. The summed E-state index contributed by atoms with van der Waals surface area (Å²) < 4.78 is 13.1. The van der Waals surface area contributed by atoms with Gasteiger partial charge >= 0.3 is 0 Å². The van der Waals surface area contributed by atoms with Crippen molar-refractivity contribution in [3.63, 3.8) is 0 Å². The molecule has 0 saturated carbocycles. The lowest BCUT2D eigenvalue weighted by Crippen LogP contribution is -2.46. The van der Waals surface area contributed by atoms with Gasteiger partial charge in [-0.2, -0.15) is 5.10 Å². The average Bonchev–Trinajstić information content (AvgIpc) is 3.65. The zero-order chi connectivity index (χ0) is 27.2. The van der Waals surface area contributed by atoms with Gasteiger partial charge in [0.1, 0.15) is 17.5 Å². The molecule has 7 rings (SSSR count). The van der Waals surface area contributed by atoms with E-state index in [9.17, 15) is 0 Å². The highest BCUT2D eigenvalue weighted by molar-refractivity contribution is 7.10. The van der Waals surface area contributed by atoms with Gasteiger partial charge < -0.3 is 19.7 Å². The number of ether oxygens (including phenoxy) is 2. The summed E-state index contributed by atoms with van der Waals surface area (Å²) in [5.74, 6) is 3.48. The first-order valence-corrected chi connectivity index (χ1v) is 13.8. The number of aliphatic imine (C=N–C) groups is 2. The van der Waals surface area contributed by atoms with E-state index in [1.807, 2.05) is 71.4 Å². The fourth-order valence-electron chi connectivity index (χ4n) is 5.30. The van der Waals surface area contributed by atoms with E-state index in [4.69, 9.17) is 24.6 Å². The van der Waals surface area contributed by atoms with E-state index in [0.717, 1.165) is 39.8 Å². The predicted octanol–water partition coefficient (Wildman–Crippen LogP) is 7.05. The van der Waals surface area contributed by atoms with Gasteiger partial charge in [-0.05, 0) is 54.8 Å². The number of fused-ring (bicyclic) bond motifs is 4. The minimum Gasteiger partial charge on any atom is -0.497 e. The Morgan fingerprint density at radius 2 is 1.70 bits per heavy atom. The standard InChI is InChI=1S/C31H26N6O2S/c1-19-27-28(26-14-9-17-40-26)36-24-13-8-7-12-22(24)32-29(33-23-18-21(38-2)15-16-25(23)39-3)31(36)34-30(27)37(35-19)20-10-5-4-6-11-20/h4-18,28H,1-3H3,(H,32,33)/t28-/m0/s1. The molecule has 0 amide bonds. The van der Waals surface area contributed by atoms with E-state index >= 15 is 0 Å². The summed E-state index contributed by atoms with van der Waals surface area (Å²) in [4.78, 5) is 13.8. The van der Waals surface area contributed by atoms with Gasteiger partial charge in [-0.15, -0.1) is 11.3 Å². The Kier molecular flexibility index (Phi) is 5.86. The molecular weight excluding hydrogens is 520 g/mol. The molecule has 2 aliphatic heterocycles. The van der Waals surface area contributed by atoms with Crippen molar-refractivity contribution in [2.45, 2.75) is 13.0 Å². The van der Waals surface area contributed by atoms with Crippen molar-refractivity contribution in [3.05, 3.63) is 106 Å². The second-order valence-corrected chi connectivity index (χ2v) is 10.4. The highest BCUT2D eigenvalue weighted by atomic mass is 32.1. The fraction of sp³-hybridized carbons (Fsp3) is 0.129. The van der Waals surface area contributed by atoms with Gasteiger partial charge in [0.05, 0.1) is 42.7 Å². The van der Waals surface area contributed by atoms with Crippen LogP contribution in [0.3, 0.4) is 0 Å². The first-order valence-electron chi connectivity index (χ1n) is 12.9. The van der Waals surface area contributed by atoms with Crippen LogP contribution in [0.5, 0.6) is 11.5 Å². The van der Waals surface area contributed by atoms with Crippen molar-refractivity contribution in [3.8, 4) is 17.2 Å². The van der Waals surface area contributed by atoms with Crippen LogP contribution in [0, 0.1) is 6.92 Å². The summed E-state index contributed by atoms with van der Waals surface area (Å²) in [5, 5.41) is 10.6. The topological polar surface area (TPSA) is 76.3 Å². The summed E-state index contributed by atoms with van der Waals surface area (Å²) in [7, 11) is 3.29. The number of hydrogen-bond donors (Lipinski definition) is 1. The molecule has 5 aromatic rings. The minimum atomic E-state index is -0.138. The molecule has 0 unspecified atom stereocenters. The van der Waals surface area contributed by atoms with Crippen molar-refractivity contribution in [1.29, 1.82) is 0 Å². The van der Waals surface area contributed by atoms with E-state index in [1.54, 1.807) is 25.6 Å². The maximum atomic E-state index is 5.67. The smallest absolute Gasteiger partial charge is 0.179 e. The molecule has 0 saturated heterocycles. The number of aromatic nitrogens is 2. The molecular formula is C31H26N6O2S. The minimum absolute atomic E-state index is 0.138. The van der Waals surface area contributed by atoms with Crippen LogP contribution < -0.4 is 19.7 Å². The number of nitrogens with zero attached hydrogens (tertiary/aromatic N) is 5. The average molecular weight is 547 g/mol. The number of methoxy groups -OCH3 is 2. The molecule has 4 heterocycles. The molecule has 0 radical (unpaired) electrons. The third-order valence-electron chi connectivity index (χ3n) is 7.11. The summed E-state index contributed by atoms with van der Waals surface area (Å²) in [5.41, 5.74) is 5.53. The molecule has 1 atom stereocenters. The Balaban J connectivity index is 1.48. The van der Waals surface area contributed by atoms with Crippen molar-refractivity contribution in [2.75, 3.05) is 24.4 Å². The number of anilines is 2. The molecule has 2 aromatic heterocycles. The van der Waals surface area contributed by atoms with E-state index in [2.05, 4.69) is 40.7 Å². The van der Waals surface area contributed by atoms with Crippen molar-refractivity contribution in [1.82, 2.24) is 9.78 Å². The fourth-order valence-corrected chi connectivity index (χ4v) is 6.13. The zero-order valence-electron chi connectivity index (χ0n) is 22.2. The number of para-hydroxylation sites is 3. The maximum absolute atomic E-state index is 5.67. The lowest BCUT2D eigenvalue weighted by molar-refractivity contribution is 0.405. The van der Waals surface area contributed by atoms with Crippen molar-refractivity contribution >= 4 is 45.9 Å². The van der Waals surface area contributed by atoms with E-state index in [1.165, 1.54) is 4.88 Å². The Hall–Kier alpha value is -4.89. The number of thiophene rings is 1. The van der Waals surface area contributed by atoms with Gasteiger partial charge in [0.15, 0.2) is 17.5 Å². The Labute approximate surface area is 235 Å². The van der Waals surface area contributed by atoms with E-state index in [0.29, 0.717) is 23.2 Å². The molecule has 198 valence electrons. The quantitative estimate of drug-likeness (QED) is 0.256. The summed E-state index contributed by atoms with van der Waals surface area (Å²) in [6.45, 7) is 2.06. The second kappa shape index (κ2) is 9.69. The highest BCUT2D eigenvalue weighted by Gasteiger charge is 2.42. The van der Waals surface area contributed by atoms with Gasteiger partial charge in [-0.3, -0.25) is 0 Å². The number of nitrogens with one attached hydrogen (secondary N) is 1. The second-order valence-electron chi connectivity index (χ2n) is 9.43. The SMILES string of the molecule is COc1ccc(OC)c(NC2=Nc3ccccc3N3C2=Nc2c(c(C)nn2-c2ccccc2)[C@@H]3c2cccs2)c1. The first-order chi connectivity index (χ1) is 19.7. The monoisotopic (exact) mass is 546 g/mol. The summed E-state index contributed by atoms with van der Waals surface area (Å²) in [6, 6.07) is 28.0. The van der Waals surface area contributed by atoms with Crippen LogP contribution in [-0.4, -0.2) is 35.7 Å². The van der Waals surface area contributed by atoms with Crippen LogP contribution >= 0.6 is 11.3 Å². The molecule has 8 nitrogen and oxygen atoms in total. The first kappa shape index (κ1) is 24.2. The molecule has 0 aliphatic carbocycles. The largest absolute Gasteiger partial charge is 0.497 e. The Morgan fingerprint density at radius 3 is 2.48 bits per heavy atom. The van der Waals surface area contributed by atoms with Gasteiger partial charge in [0.2, 0.25) is 0 Å². The normalized spacial score (nSPS) is 15.4. The van der Waals surface area contributed by atoms with Gasteiger partial charge in [0.25, 0.3) is 0 Å². The highest BCUT2D eigenvalue weighted by Crippen LogP contribution is 2.49. The lowest BCUT2D eigenvalue weighted by Gasteiger charge is -2.40. The van der Waals surface area contributed by atoms with Crippen LogP contribution in [0.2, 0.25) is 0 Å². The Bertz CT molecular complexity index is 1780. The van der Waals surface area contributed by atoms with Crippen LogP contribution in [-0.2, 0) is 0 Å². The number of benzene rings is 3. The molecule has 0 spiro atoms. The predicted molar refractivity (Wildman–Crippen MR) is 161 cm³/mol. The van der Waals surface area contributed by atoms with E-state index in [-0.39, 0.29) is 6.04 Å². The van der Waals surface area contributed by atoms with Crippen molar-refractivity contribution < 1.29 is 9.47 Å². The van der Waals surface area contributed by atoms with Gasteiger partial charge in [0, 0.05) is 16.5 Å². The molecule has 9 heteroatoms. The van der Waals surface area contributed by atoms with Crippen LogP contribution in [0.25, 0.3) is 5.69 Å². The number of aryl methyl sites for hydroxylation is 1. The van der Waals surface area contributed by atoms with Crippen LogP contribution in [0.1, 0.15) is 22.2 Å². The number of rotatable bonds is 5. The molecule has 0 bridgehead atoms. The van der Waals surface area contributed by atoms with Crippen molar-refractivity contribution in [2.24, 2.45) is 9.98 Å². The lowest BCUT2D eigenvalue weighted by atomic mass is 9.98. The van der Waals surface area contributed by atoms with Gasteiger partial charge in [-0.25, -0.2) is 14.7 Å². The summed E-state index contributed by atoms with van der Waals surface area (Å²) >= 11 is 1.72. The number of hydrogen-bond acceptors (Lipinski definition) is 8. The van der Waals surface area contributed by atoms with Crippen LogP contribution in [0.4, 0.5) is 22.9 Å². The molecule has 40 heavy (non-hydrogen) atoms. The molecule has 1 N–H and O–H groups in total. The van der Waals surface area contributed by atoms with Gasteiger partial charge in [-0.1, -0.05) is 36.4 Å². The summed E-state index contributed by atoms with van der Waals surface area (Å²) in [6.07, 6.45) is 0. The third-order valence-corrected chi connectivity index (χ3v) is 8.04.